The highest BCUT2D eigenvalue weighted by atomic mass is 35.5. The van der Waals surface area contributed by atoms with Crippen molar-refractivity contribution in [2.75, 3.05) is 0 Å². The highest BCUT2D eigenvalue weighted by molar-refractivity contribution is 6.30. The number of halogens is 2. The quantitative estimate of drug-likeness (QED) is 0.672. The van der Waals surface area contributed by atoms with Gasteiger partial charge < -0.3 is 9.14 Å². The molecule has 0 fully saturated rings. The van der Waals surface area contributed by atoms with Crippen LogP contribution in [0.2, 0.25) is 5.02 Å². The summed E-state index contributed by atoms with van der Waals surface area (Å²) < 4.78 is 7.74. The normalized spacial score (nSPS) is 10.9. The van der Waals surface area contributed by atoms with Crippen molar-refractivity contribution in [1.29, 1.82) is 0 Å². The van der Waals surface area contributed by atoms with Crippen LogP contribution < -0.4 is 4.74 Å². The summed E-state index contributed by atoms with van der Waals surface area (Å²) in [4.78, 5) is 4.48. The number of aromatic nitrogens is 2. The molecule has 1 aromatic carbocycles. The SMILES string of the molecule is ClCc1cc(Cl)ccc1OCc1cn2ccccc2n1. The lowest BCUT2D eigenvalue weighted by atomic mass is 10.2. The maximum atomic E-state index is 5.94. The number of benzene rings is 1. The van der Waals surface area contributed by atoms with Crippen molar-refractivity contribution >= 4 is 28.8 Å². The Morgan fingerprint density at radius 2 is 2.10 bits per heavy atom. The van der Waals surface area contributed by atoms with Crippen LogP contribution >= 0.6 is 23.2 Å². The van der Waals surface area contributed by atoms with E-state index in [-0.39, 0.29) is 0 Å². The van der Waals surface area contributed by atoms with Crippen LogP contribution in [0.5, 0.6) is 5.75 Å². The monoisotopic (exact) mass is 306 g/mol. The number of imidazole rings is 1. The van der Waals surface area contributed by atoms with E-state index in [2.05, 4.69) is 4.98 Å². The molecule has 0 spiro atoms. The summed E-state index contributed by atoms with van der Waals surface area (Å²) in [7, 11) is 0. The third kappa shape index (κ3) is 2.74. The molecular formula is C15H12Cl2N2O. The van der Waals surface area contributed by atoms with Crippen LogP contribution in [-0.4, -0.2) is 9.38 Å². The first kappa shape index (κ1) is 13.3. The van der Waals surface area contributed by atoms with Gasteiger partial charge >= 0.3 is 0 Å². The molecule has 0 amide bonds. The van der Waals surface area contributed by atoms with Crippen LogP contribution in [0.25, 0.3) is 5.65 Å². The summed E-state index contributed by atoms with van der Waals surface area (Å²) in [6.07, 6.45) is 3.91. The summed E-state index contributed by atoms with van der Waals surface area (Å²) in [5.41, 5.74) is 2.65. The van der Waals surface area contributed by atoms with E-state index in [9.17, 15) is 0 Å². The molecule has 0 atom stereocenters. The molecule has 0 unspecified atom stereocenters. The molecule has 0 saturated carbocycles. The molecule has 0 bridgehead atoms. The number of ether oxygens (including phenoxy) is 1. The largest absolute Gasteiger partial charge is 0.487 e. The first-order valence-electron chi connectivity index (χ1n) is 6.16. The maximum absolute atomic E-state index is 5.94. The molecule has 102 valence electrons. The Balaban J connectivity index is 1.79. The van der Waals surface area contributed by atoms with Crippen LogP contribution in [-0.2, 0) is 12.5 Å². The summed E-state index contributed by atoms with van der Waals surface area (Å²) >= 11 is 11.8. The Labute approximate surface area is 126 Å². The van der Waals surface area contributed by atoms with Crippen LogP contribution in [0.4, 0.5) is 0 Å². The third-order valence-corrected chi connectivity index (χ3v) is 3.48. The smallest absolute Gasteiger partial charge is 0.137 e. The van der Waals surface area contributed by atoms with Crippen molar-refractivity contribution < 1.29 is 4.74 Å². The molecule has 3 aromatic rings. The van der Waals surface area contributed by atoms with Crippen molar-refractivity contribution in [2.45, 2.75) is 12.5 Å². The van der Waals surface area contributed by atoms with Gasteiger partial charge in [-0.05, 0) is 30.3 Å². The summed E-state index contributed by atoms with van der Waals surface area (Å²) in [5.74, 6) is 1.10. The molecule has 2 aromatic heterocycles. The van der Waals surface area contributed by atoms with Crippen molar-refractivity contribution in [3.05, 3.63) is 65.1 Å². The van der Waals surface area contributed by atoms with E-state index in [0.717, 1.165) is 22.7 Å². The number of hydrogen-bond acceptors (Lipinski definition) is 2. The van der Waals surface area contributed by atoms with E-state index in [1.54, 1.807) is 6.07 Å². The third-order valence-electron chi connectivity index (χ3n) is 2.96. The fraction of sp³-hybridized carbons (Fsp3) is 0.133. The van der Waals surface area contributed by atoms with Gasteiger partial charge in [-0.15, -0.1) is 11.6 Å². The average molecular weight is 307 g/mol. The van der Waals surface area contributed by atoms with E-state index < -0.39 is 0 Å². The summed E-state index contributed by atoms with van der Waals surface area (Å²) in [6.45, 7) is 0.396. The molecule has 20 heavy (non-hydrogen) atoms. The van der Waals surface area contributed by atoms with Crippen LogP contribution in [0.3, 0.4) is 0 Å². The molecule has 0 N–H and O–H groups in total. The zero-order valence-corrected chi connectivity index (χ0v) is 12.1. The lowest BCUT2D eigenvalue weighted by molar-refractivity contribution is 0.299. The predicted molar refractivity (Wildman–Crippen MR) is 80.5 cm³/mol. The topological polar surface area (TPSA) is 26.5 Å². The first-order valence-corrected chi connectivity index (χ1v) is 7.07. The molecule has 5 heteroatoms. The van der Waals surface area contributed by atoms with Gasteiger partial charge in [0.1, 0.15) is 18.0 Å². The molecule has 3 nitrogen and oxygen atoms in total. The number of rotatable bonds is 4. The number of nitrogens with zero attached hydrogens (tertiary/aromatic N) is 2. The van der Waals surface area contributed by atoms with Gasteiger partial charge in [0, 0.05) is 23.0 Å². The van der Waals surface area contributed by atoms with Crippen LogP contribution in [0, 0.1) is 0 Å². The molecular weight excluding hydrogens is 295 g/mol. The van der Waals surface area contributed by atoms with Gasteiger partial charge in [0.05, 0.1) is 11.6 Å². The Bertz CT molecular complexity index is 707. The number of pyridine rings is 1. The Hall–Kier alpha value is -1.71. The molecule has 0 aliphatic rings. The molecule has 2 heterocycles. The fourth-order valence-corrected chi connectivity index (χ4v) is 2.41. The molecule has 0 aliphatic carbocycles. The van der Waals surface area contributed by atoms with Gasteiger partial charge in [0.15, 0.2) is 0 Å². The second kappa shape index (κ2) is 5.73. The van der Waals surface area contributed by atoms with Crippen molar-refractivity contribution in [2.24, 2.45) is 0 Å². The highest BCUT2D eigenvalue weighted by Crippen LogP contribution is 2.25. The minimum absolute atomic E-state index is 0.362. The number of alkyl halides is 1. The first-order chi connectivity index (χ1) is 9.76. The number of fused-ring (bicyclic) bond motifs is 1. The average Bonchev–Trinajstić information content (AvgIpc) is 2.88. The summed E-state index contributed by atoms with van der Waals surface area (Å²) in [5, 5.41) is 0.653. The van der Waals surface area contributed by atoms with Gasteiger partial charge in [0.25, 0.3) is 0 Å². The van der Waals surface area contributed by atoms with Gasteiger partial charge in [-0.2, -0.15) is 0 Å². The zero-order valence-electron chi connectivity index (χ0n) is 10.6. The summed E-state index contributed by atoms with van der Waals surface area (Å²) in [6, 6.07) is 11.3. The van der Waals surface area contributed by atoms with E-state index in [1.807, 2.05) is 47.1 Å². The van der Waals surface area contributed by atoms with Crippen LogP contribution in [0.15, 0.2) is 48.8 Å². The van der Waals surface area contributed by atoms with E-state index >= 15 is 0 Å². The van der Waals surface area contributed by atoms with E-state index in [0.29, 0.717) is 17.5 Å². The van der Waals surface area contributed by atoms with Gasteiger partial charge in [-0.3, -0.25) is 0 Å². The number of hydrogen-bond donors (Lipinski definition) is 0. The lowest BCUT2D eigenvalue weighted by Gasteiger charge is -2.08. The molecule has 0 aliphatic heterocycles. The Kier molecular flexibility index (Phi) is 3.81. The highest BCUT2D eigenvalue weighted by Gasteiger charge is 2.06. The Morgan fingerprint density at radius 1 is 1.20 bits per heavy atom. The second-order valence-corrected chi connectivity index (χ2v) is 5.08. The van der Waals surface area contributed by atoms with E-state index in [1.165, 1.54) is 0 Å². The van der Waals surface area contributed by atoms with Gasteiger partial charge in [-0.1, -0.05) is 17.7 Å². The molecule has 0 radical (unpaired) electrons. The fourth-order valence-electron chi connectivity index (χ4n) is 2.00. The van der Waals surface area contributed by atoms with Gasteiger partial charge in [0.2, 0.25) is 0 Å². The van der Waals surface area contributed by atoms with Crippen molar-refractivity contribution in [3.63, 3.8) is 0 Å². The van der Waals surface area contributed by atoms with Crippen molar-refractivity contribution in [3.8, 4) is 5.75 Å². The van der Waals surface area contributed by atoms with Crippen molar-refractivity contribution in [1.82, 2.24) is 9.38 Å². The van der Waals surface area contributed by atoms with Gasteiger partial charge in [-0.25, -0.2) is 4.98 Å². The lowest BCUT2D eigenvalue weighted by Crippen LogP contribution is -1.98. The maximum Gasteiger partial charge on any atom is 0.137 e. The molecule has 3 rings (SSSR count). The second-order valence-electron chi connectivity index (χ2n) is 4.37. The predicted octanol–water partition coefficient (Wildman–Crippen LogP) is 4.31. The van der Waals surface area contributed by atoms with Crippen LogP contribution in [0.1, 0.15) is 11.3 Å². The Morgan fingerprint density at radius 3 is 2.90 bits per heavy atom. The molecule has 0 saturated heterocycles. The van der Waals surface area contributed by atoms with E-state index in [4.69, 9.17) is 27.9 Å². The standard InChI is InChI=1S/C15H12Cl2N2O/c16-8-11-7-12(17)4-5-14(11)20-10-13-9-19-6-2-1-3-15(19)18-13/h1-7,9H,8,10H2. The zero-order chi connectivity index (χ0) is 13.9. The minimum atomic E-state index is 0.362. The minimum Gasteiger partial charge on any atom is -0.487 e.